The number of carboxylic acids is 1. The predicted molar refractivity (Wildman–Crippen MR) is 122 cm³/mol. The Labute approximate surface area is 189 Å². The summed E-state index contributed by atoms with van der Waals surface area (Å²) in [4.78, 5) is 26.1. The summed E-state index contributed by atoms with van der Waals surface area (Å²) >= 11 is 0. The molecule has 1 amide bonds. The number of nitrogens with zero attached hydrogens (tertiary/aromatic N) is 3. The molecule has 0 bridgehead atoms. The first-order valence-corrected chi connectivity index (χ1v) is 11.4. The summed E-state index contributed by atoms with van der Waals surface area (Å²) in [6, 6.07) is 17.6. The lowest BCUT2D eigenvalue weighted by Gasteiger charge is -2.15. The van der Waals surface area contributed by atoms with E-state index in [-0.39, 0.29) is 23.5 Å². The van der Waals surface area contributed by atoms with Gasteiger partial charge in [-0.25, -0.2) is 13.1 Å². The Morgan fingerprint density at radius 3 is 2.42 bits per heavy atom. The fourth-order valence-electron chi connectivity index (χ4n) is 3.24. The van der Waals surface area contributed by atoms with Gasteiger partial charge in [0.15, 0.2) is 0 Å². The van der Waals surface area contributed by atoms with E-state index < -0.39 is 34.4 Å². The minimum absolute atomic E-state index is 0.0198. The van der Waals surface area contributed by atoms with Crippen LogP contribution >= 0.6 is 0 Å². The third kappa shape index (κ3) is 6.30. The van der Waals surface area contributed by atoms with Crippen LogP contribution in [0.1, 0.15) is 22.3 Å². The topological polar surface area (TPSA) is 161 Å². The van der Waals surface area contributed by atoms with Gasteiger partial charge in [-0.05, 0) is 34.7 Å². The van der Waals surface area contributed by atoms with Crippen LogP contribution < -0.4 is 10.0 Å². The molecule has 170 valence electrons. The van der Waals surface area contributed by atoms with Crippen LogP contribution in [0.2, 0.25) is 0 Å². The lowest BCUT2D eigenvalue weighted by Crippen LogP contribution is -2.38. The van der Waals surface area contributed by atoms with E-state index in [9.17, 15) is 18.0 Å². The van der Waals surface area contributed by atoms with Crippen LogP contribution in [0, 0.1) is 0 Å². The molecule has 0 fully saturated rings. The van der Waals surface area contributed by atoms with Crippen molar-refractivity contribution in [3.63, 3.8) is 0 Å². The van der Waals surface area contributed by atoms with Crippen LogP contribution in [0.3, 0.4) is 0 Å². The van der Waals surface area contributed by atoms with Gasteiger partial charge in [0.1, 0.15) is 0 Å². The van der Waals surface area contributed by atoms with Gasteiger partial charge in [0.25, 0.3) is 5.91 Å². The van der Waals surface area contributed by atoms with Crippen molar-refractivity contribution < 1.29 is 23.1 Å². The second-order valence-corrected chi connectivity index (χ2v) is 8.92. The summed E-state index contributed by atoms with van der Waals surface area (Å²) in [6.07, 6.45) is -0.390. The Morgan fingerprint density at radius 2 is 1.73 bits per heavy atom. The summed E-state index contributed by atoms with van der Waals surface area (Å²) in [5, 5.41) is 16.2. The maximum Gasteiger partial charge on any atom is 0.305 e. The third-order valence-corrected chi connectivity index (χ3v) is 6.30. The van der Waals surface area contributed by atoms with Gasteiger partial charge in [0, 0.05) is 35.0 Å². The average Bonchev–Trinajstić information content (AvgIpc) is 2.80. The number of sulfonamides is 1. The summed E-state index contributed by atoms with van der Waals surface area (Å²) in [5.41, 5.74) is 9.30. The Hall–Kier alpha value is -3.92. The normalized spacial score (nSPS) is 12.0. The predicted octanol–water partition coefficient (Wildman–Crippen LogP) is 3.20. The van der Waals surface area contributed by atoms with Crippen molar-refractivity contribution in [2.75, 3.05) is 6.54 Å². The number of rotatable bonds is 10. The highest BCUT2D eigenvalue weighted by Crippen LogP contribution is 2.22. The Balaban J connectivity index is 1.67. The number of hydrogen-bond acceptors (Lipinski definition) is 5. The number of aliphatic carboxylic acids is 1. The number of hydrogen-bond donors (Lipinski definition) is 3. The molecule has 10 nitrogen and oxygen atoms in total. The zero-order chi connectivity index (χ0) is 23.8. The van der Waals surface area contributed by atoms with E-state index >= 15 is 0 Å². The van der Waals surface area contributed by atoms with E-state index in [4.69, 9.17) is 10.6 Å². The number of benzene rings is 3. The number of carbonyl (C=O) groups is 2. The largest absolute Gasteiger partial charge is 0.481 e. The molecule has 0 aliphatic rings. The molecule has 3 aromatic carbocycles. The summed E-state index contributed by atoms with van der Waals surface area (Å²) < 4.78 is 28.2. The van der Waals surface area contributed by atoms with Gasteiger partial charge in [-0.2, -0.15) is 0 Å². The highest BCUT2D eigenvalue weighted by atomic mass is 32.2. The molecule has 0 spiro atoms. The smallest absolute Gasteiger partial charge is 0.305 e. The van der Waals surface area contributed by atoms with Gasteiger partial charge < -0.3 is 10.4 Å². The maximum absolute atomic E-state index is 12.8. The van der Waals surface area contributed by atoms with E-state index in [0.717, 1.165) is 5.39 Å². The number of azide groups is 1. The molecule has 3 aromatic rings. The van der Waals surface area contributed by atoms with Gasteiger partial charge >= 0.3 is 5.97 Å². The first-order valence-electron chi connectivity index (χ1n) is 9.90. The van der Waals surface area contributed by atoms with E-state index in [1.165, 1.54) is 12.1 Å². The zero-order valence-electron chi connectivity index (χ0n) is 17.4. The molecule has 0 saturated carbocycles. The number of carboxylic acid groups (broad SMARTS) is 1. The lowest BCUT2D eigenvalue weighted by molar-refractivity contribution is -0.137. The molecule has 3 rings (SSSR count). The molecule has 33 heavy (non-hydrogen) atoms. The van der Waals surface area contributed by atoms with Crippen LogP contribution in [0.15, 0.2) is 76.7 Å². The van der Waals surface area contributed by atoms with Gasteiger partial charge in [0.2, 0.25) is 10.0 Å². The number of fused-ring (bicyclic) bond motifs is 1. The van der Waals surface area contributed by atoms with Gasteiger partial charge in [-0.3, -0.25) is 9.59 Å². The maximum atomic E-state index is 12.8. The third-order valence-electron chi connectivity index (χ3n) is 4.84. The molecule has 0 heterocycles. The molecule has 0 aliphatic carbocycles. The van der Waals surface area contributed by atoms with Crippen LogP contribution in [-0.2, 0) is 21.4 Å². The van der Waals surface area contributed by atoms with Crippen molar-refractivity contribution in [1.29, 1.82) is 0 Å². The molecule has 3 N–H and O–H groups in total. The standard InChI is InChI=1S/C22H21N5O5S/c23-27-24-14-18(12-21(28)29)26-22(30)17-10-8-15(9-11-17)13-25-33(31,32)20-7-3-5-16-4-1-2-6-19(16)20/h1-11,18,25H,12-14H2,(H,26,30)(H,28,29)/t18-/m0/s1. The summed E-state index contributed by atoms with van der Waals surface area (Å²) in [5.74, 6) is -1.67. The van der Waals surface area contributed by atoms with Crippen LogP contribution in [0.4, 0.5) is 0 Å². The Bertz CT molecular complexity index is 1310. The van der Waals surface area contributed by atoms with Crippen molar-refractivity contribution in [1.82, 2.24) is 10.0 Å². The van der Waals surface area contributed by atoms with Crippen molar-refractivity contribution in [2.24, 2.45) is 5.11 Å². The fraction of sp³-hybridized carbons (Fsp3) is 0.182. The first-order chi connectivity index (χ1) is 15.8. The van der Waals surface area contributed by atoms with E-state index in [1.807, 2.05) is 18.2 Å². The second-order valence-electron chi connectivity index (χ2n) is 7.18. The minimum atomic E-state index is -3.77. The van der Waals surface area contributed by atoms with Crippen LogP contribution in [0.5, 0.6) is 0 Å². The van der Waals surface area contributed by atoms with Gasteiger partial charge in [0.05, 0.1) is 11.3 Å². The number of carbonyl (C=O) groups excluding carboxylic acids is 1. The second kappa shape index (κ2) is 10.6. The molecule has 0 aromatic heterocycles. The summed E-state index contributed by atoms with van der Waals surface area (Å²) in [6.45, 7) is -0.172. The van der Waals surface area contributed by atoms with Crippen molar-refractivity contribution in [3.05, 3.63) is 88.3 Å². The molecular formula is C22H21N5O5S. The van der Waals surface area contributed by atoms with Crippen LogP contribution in [0.25, 0.3) is 21.2 Å². The number of amides is 1. The summed E-state index contributed by atoms with van der Waals surface area (Å²) in [7, 11) is -3.77. The highest BCUT2D eigenvalue weighted by molar-refractivity contribution is 7.89. The first kappa shape index (κ1) is 23.7. The average molecular weight is 468 g/mol. The molecule has 1 atom stereocenters. The fourth-order valence-corrected chi connectivity index (χ4v) is 4.48. The highest BCUT2D eigenvalue weighted by Gasteiger charge is 2.18. The van der Waals surface area contributed by atoms with Gasteiger partial charge in [-0.15, -0.1) is 0 Å². The van der Waals surface area contributed by atoms with Crippen molar-refractivity contribution >= 4 is 32.7 Å². The lowest BCUT2D eigenvalue weighted by atomic mass is 10.1. The van der Waals surface area contributed by atoms with Crippen molar-refractivity contribution in [3.8, 4) is 0 Å². The van der Waals surface area contributed by atoms with E-state index in [2.05, 4.69) is 20.1 Å². The zero-order valence-corrected chi connectivity index (χ0v) is 18.2. The monoisotopic (exact) mass is 467 g/mol. The molecule has 0 unspecified atom stereocenters. The van der Waals surface area contributed by atoms with E-state index in [0.29, 0.717) is 10.9 Å². The van der Waals surface area contributed by atoms with Gasteiger partial charge in [-0.1, -0.05) is 53.6 Å². The van der Waals surface area contributed by atoms with E-state index in [1.54, 1.807) is 36.4 Å². The SMILES string of the molecule is [N-]=[N+]=NC[C@H](CC(=O)O)NC(=O)c1ccc(CNS(=O)(=O)c2cccc3ccccc23)cc1. The molecular weight excluding hydrogens is 446 g/mol. The van der Waals surface area contributed by atoms with Crippen molar-refractivity contribution in [2.45, 2.75) is 23.9 Å². The molecule has 0 radical (unpaired) electrons. The van der Waals surface area contributed by atoms with Crippen LogP contribution in [-0.4, -0.2) is 38.0 Å². The molecule has 11 heteroatoms. The molecule has 0 saturated heterocycles. The molecule has 0 aliphatic heterocycles. The number of nitrogens with one attached hydrogen (secondary N) is 2. The quantitative estimate of drug-likeness (QED) is 0.237. The Morgan fingerprint density at radius 1 is 1.03 bits per heavy atom. The minimum Gasteiger partial charge on any atom is -0.481 e. The Kier molecular flexibility index (Phi) is 7.62.